The monoisotopic (exact) mass is 258 g/mol. The van der Waals surface area contributed by atoms with E-state index in [1.165, 1.54) is 10.5 Å². The standard InChI is InChI=1S/C15H18N2O2/c1-2-17-13(18)15(16-14(17)19)10-6-5-8-11-7-3-4-9-12(11)15/h3-4,7,9H,2,5-6,8,10H2,1H3,(H,16,19). The van der Waals surface area contributed by atoms with E-state index in [1.54, 1.807) is 0 Å². The molecule has 0 saturated carbocycles. The van der Waals surface area contributed by atoms with Crippen molar-refractivity contribution < 1.29 is 9.59 Å². The molecule has 3 amide bonds. The minimum Gasteiger partial charge on any atom is -0.319 e. The number of hydrogen-bond acceptors (Lipinski definition) is 2. The van der Waals surface area contributed by atoms with Gasteiger partial charge in [0.2, 0.25) is 0 Å². The predicted molar refractivity (Wildman–Crippen MR) is 71.6 cm³/mol. The summed E-state index contributed by atoms with van der Waals surface area (Å²) in [4.78, 5) is 26.0. The summed E-state index contributed by atoms with van der Waals surface area (Å²) in [7, 11) is 0. The zero-order chi connectivity index (χ0) is 13.5. The van der Waals surface area contributed by atoms with Crippen LogP contribution in [0.3, 0.4) is 0 Å². The highest BCUT2D eigenvalue weighted by atomic mass is 16.2. The van der Waals surface area contributed by atoms with Crippen molar-refractivity contribution in [3.8, 4) is 0 Å². The first-order chi connectivity index (χ1) is 9.19. The van der Waals surface area contributed by atoms with Crippen LogP contribution in [0.15, 0.2) is 24.3 Å². The van der Waals surface area contributed by atoms with Gasteiger partial charge in [-0.15, -0.1) is 0 Å². The predicted octanol–water partition coefficient (Wildman–Crippen LogP) is 2.18. The van der Waals surface area contributed by atoms with E-state index in [1.807, 2.05) is 25.1 Å². The lowest BCUT2D eigenvalue weighted by atomic mass is 9.84. The molecule has 1 heterocycles. The molecule has 1 aromatic rings. The third-order valence-electron chi connectivity index (χ3n) is 4.22. The molecule has 1 aliphatic heterocycles. The molecule has 1 atom stereocenters. The average molecular weight is 258 g/mol. The van der Waals surface area contributed by atoms with E-state index in [-0.39, 0.29) is 11.9 Å². The maximum Gasteiger partial charge on any atom is 0.325 e. The number of nitrogens with zero attached hydrogens (tertiary/aromatic N) is 1. The second-order valence-corrected chi connectivity index (χ2v) is 5.25. The van der Waals surface area contributed by atoms with E-state index < -0.39 is 5.54 Å². The van der Waals surface area contributed by atoms with Crippen LogP contribution in [0.2, 0.25) is 0 Å². The summed E-state index contributed by atoms with van der Waals surface area (Å²) >= 11 is 0. The van der Waals surface area contributed by atoms with Gasteiger partial charge in [-0.25, -0.2) is 4.79 Å². The smallest absolute Gasteiger partial charge is 0.319 e. The van der Waals surface area contributed by atoms with Crippen LogP contribution in [-0.2, 0) is 16.8 Å². The fourth-order valence-corrected chi connectivity index (χ4v) is 3.26. The van der Waals surface area contributed by atoms with Crippen molar-refractivity contribution in [2.24, 2.45) is 0 Å². The second-order valence-electron chi connectivity index (χ2n) is 5.25. The number of benzene rings is 1. The molecule has 2 aliphatic rings. The molecule has 0 radical (unpaired) electrons. The van der Waals surface area contributed by atoms with Gasteiger partial charge in [-0.1, -0.05) is 24.3 Å². The molecule has 3 rings (SSSR count). The molecule has 1 saturated heterocycles. The molecule has 1 spiro atoms. The SMILES string of the molecule is CCN1C(=O)NC2(CCCCc3ccccc32)C1=O. The van der Waals surface area contributed by atoms with Crippen LogP contribution in [0.5, 0.6) is 0 Å². The van der Waals surface area contributed by atoms with Gasteiger partial charge in [-0.05, 0) is 43.7 Å². The summed E-state index contributed by atoms with van der Waals surface area (Å²) in [5.74, 6) is -0.0886. The lowest BCUT2D eigenvalue weighted by Crippen LogP contribution is -2.44. The number of amides is 3. The lowest BCUT2D eigenvalue weighted by Gasteiger charge is -2.27. The van der Waals surface area contributed by atoms with Gasteiger partial charge in [0, 0.05) is 6.54 Å². The number of imide groups is 1. The Hall–Kier alpha value is -1.84. The van der Waals surface area contributed by atoms with Crippen LogP contribution >= 0.6 is 0 Å². The number of carbonyl (C=O) groups excluding carboxylic acids is 2. The van der Waals surface area contributed by atoms with Crippen LogP contribution in [-0.4, -0.2) is 23.4 Å². The van der Waals surface area contributed by atoms with Crippen LogP contribution in [0.1, 0.15) is 37.3 Å². The van der Waals surface area contributed by atoms with Crippen molar-refractivity contribution in [3.63, 3.8) is 0 Å². The summed E-state index contributed by atoms with van der Waals surface area (Å²) in [6, 6.07) is 7.73. The van der Waals surface area contributed by atoms with Crippen molar-refractivity contribution in [3.05, 3.63) is 35.4 Å². The Morgan fingerprint density at radius 2 is 2.05 bits per heavy atom. The number of rotatable bonds is 1. The molecule has 100 valence electrons. The van der Waals surface area contributed by atoms with Gasteiger partial charge in [0.1, 0.15) is 5.54 Å². The normalized spacial score (nSPS) is 26.3. The molecule has 1 aromatic carbocycles. The Morgan fingerprint density at radius 1 is 1.26 bits per heavy atom. The molecule has 1 fully saturated rings. The largest absolute Gasteiger partial charge is 0.325 e. The minimum absolute atomic E-state index is 0.0886. The van der Waals surface area contributed by atoms with Crippen LogP contribution in [0.4, 0.5) is 4.79 Å². The zero-order valence-corrected chi connectivity index (χ0v) is 11.1. The Labute approximate surface area is 112 Å². The molecular formula is C15H18N2O2. The third-order valence-corrected chi connectivity index (χ3v) is 4.22. The number of hydrogen-bond donors (Lipinski definition) is 1. The molecule has 1 aliphatic carbocycles. The van der Waals surface area contributed by atoms with Crippen molar-refractivity contribution in [1.82, 2.24) is 10.2 Å². The molecular weight excluding hydrogens is 240 g/mol. The van der Waals surface area contributed by atoms with Crippen LogP contribution in [0, 0.1) is 0 Å². The molecule has 1 N–H and O–H groups in total. The number of likely N-dealkylation sites (N-methyl/N-ethyl adjacent to an activating group) is 1. The van der Waals surface area contributed by atoms with Gasteiger partial charge in [0.15, 0.2) is 0 Å². The summed E-state index contributed by atoms with van der Waals surface area (Å²) in [6.07, 6.45) is 3.70. The summed E-state index contributed by atoms with van der Waals surface area (Å²) in [6.45, 7) is 2.26. The van der Waals surface area contributed by atoms with Gasteiger partial charge >= 0.3 is 6.03 Å². The van der Waals surface area contributed by atoms with Crippen LogP contribution < -0.4 is 5.32 Å². The molecule has 0 aromatic heterocycles. The Kier molecular flexibility index (Phi) is 2.81. The average Bonchev–Trinajstić information content (AvgIpc) is 2.57. The molecule has 1 unspecified atom stereocenters. The van der Waals surface area contributed by atoms with Crippen molar-refractivity contribution in [2.75, 3.05) is 6.54 Å². The fraction of sp³-hybridized carbons (Fsp3) is 0.467. The number of carbonyl (C=O) groups is 2. The number of urea groups is 1. The van der Waals surface area contributed by atoms with E-state index in [2.05, 4.69) is 11.4 Å². The maximum atomic E-state index is 12.7. The third kappa shape index (κ3) is 1.66. The molecule has 4 nitrogen and oxygen atoms in total. The second kappa shape index (κ2) is 4.37. The van der Waals surface area contributed by atoms with E-state index >= 15 is 0 Å². The highest BCUT2D eigenvalue weighted by Gasteiger charge is 2.52. The molecule has 0 bridgehead atoms. The minimum atomic E-state index is -0.819. The topological polar surface area (TPSA) is 49.4 Å². The maximum absolute atomic E-state index is 12.7. The first-order valence-electron chi connectivity index (χ1n) is 6.91. The zero-order valence-electron chi connectivity index (χ0n) is 11.1. The summed E-state index contributed by atoms with van der Waals surface area (Å²) in [5.41, 5.74) is 1.36. The quantitative estimate of drug-likeness (QED) is 0.785. The van der Waals surface area contributed by atoms with Gasteiger partial charge in [0.25, 0.3) is 5.91 Å². The van der Waals surface area contributed by atoms with Crippen molar-refractivity contribution >= 4 is 11.9 Å². The van der Waals surface area contributed by atoms with E-state index in [0.29, 0.717) is 13.0 Å². The number of aryl methyl sites for hydroxylation is 1. The first-order valence-corrected chi connectivity index (χ1v) is 6.91. The Bertz CT molecular complexity index is 541. The molecule has 19 heavy (non-hydrogen) atoms. The van der Waals surface area contributed by atoms with Gasteiger partial charge in [-0.2, -0.15) is 0 Å². The van der Waals surface area contributed by atoms with Crippen molar-refractivity contribution in [2.45, 2.75) is 38.1 Å². The highest BCUT2D eigenvalue weighted by molar-refractivity contribution is 6.07. The number of fused-ring (bicyclic) bond motifs is 2. The van der Waals surface area contributed by atoms with Crippen LogP contribution in [0.25, 0.3) is 0 Å². The van der Waals surface area contributed by atoms with Crippen molar-refractivity contribution in [1.29, 1.82) is 0 Å². The van der Waals surface area contributed by atoms with Gasteiger partial charge in [0.05, 0.1) is 0 Å². The summed E-state index contributed by atoms with van der Waals surface area (Å²) < 4.78 is 0. The Morgan fingerprint density at radius 3 is 2.79 bits per heavy atom. The Balaban J connectivity index is 2.14. The number of nitrogens with one attached hydrogen (secondary N) is 1. The van der Waals surface area contributed by atoms with Gasteiger partial charge in [-0.3, -0.25) is 9.69 Å². The van der Waals surface area contributed by atoms with Gasteiger partial charge < -0.3 is 5.32 Å². The fourth-order valence-electron chi connectivity index (χ4n) is 3.26. The molecule has 4 heteroatoms. The lowest BCUT2D eigenvalue weighted by molar-refractivity contribution is -0.131. The van der Waals surface area contributed by atoms with E-state index in [4.69, 9.17) is 0 Å². The summed E-state index contributed by atoms with van der Waals surface area (Å²) in [5, 5.41) is 2.95. The van der Waals surface area contributed by atoms with E-state index in [9.17, 15) is 9.59 Å². The first kappa shape index (κ1) is 12.2. The van der Waals surface area contributed by atoms with E-state index in [0.717, 1.165) is 24.8 Å². The highest BCUT2D eigenvalue weighted by Crippen LogP contribution is 2.38.